The van der Waals surface area contributed by atoms with E-state index in [1.807, 2.05) is 24.9 Å². The summed E-state index contributed by atoms with van der Waals surface area (Å²) in [4.78, 5) is 5.89. The number of nitrogens with zero attached hydrogens (tertiary/aromatic N) is 2. The molecular weight excluding hydrogens is 224 g/mol. The maximum atomic E-state index is 9.94. The van der Waals surface area contributed by atoms with Crippen LogP contribution in [0, 0.1) is 19.3 Å². The molecule has 0 fully saturated rings. The maximum Gasteiger partial charge on any atom is 0.144 e. The molecule has 0 bridgehead atoms. The molecule has 1 rings (SSSR count). The largest absolute Gasteiger partial charge is 0.505 e. The predicted octanol–water partition coefficient (Wildman–Crippen LogP) is 2.74. The fourth-order valence-electron chi connectivity index (χ4n) is 1.90. The normalized spacial score (nSPS) is 10.1. The Morgan fingerprint density at radius 3 is 2.78 bits per heavy atom. The highest BCUT2D eigenvalue weighted by atomic mass is 16.3. The van der Waals surface area contributed by atoms with Crippen LogP contribution in [-0.4, -0.2) is 30.3 Å². The molecule has 0 spiro atoms. The number of hydrogen-bond acceptors (Lipinski definition) is 3. The summed E-state index contributed by atoms with van der Waals surface area (Å²) in [6, 6.07) is 1.92. The molecule has 3 nitrogen and oxygen atoms in total. The van der Waals surface area contributed by atoms with Crippen molar-refractivity contribution in [2.75, 3.05) is 13.6 Å². The van der Waals surface area contributed by atoms with Gasteiger partial charge in [0.2, 0.25) is 0 Å². The lowest BCUT2D eigenvalue weighted by Crippen LogP contribution is -2.18. The van der Waals surface area contributed by atoms with E-state index in [0.717, 1.165) is 16.7 Å². The van der Waals surface area contributed by atoms with Crippen LogP contribution in [0.4, 0.5) is 5.69 Å². The van der Waals surface area contributed by atoms with Crippen LogP contribution < -0.4 is 0 Å². The van der Waals surface area contributed by atoms with Crippen molar-refractivity contribution >= 4 is 18.5 Å². The third kappa shape index (κ3) is 2.79. The van der Waals surface area contributed by atoms with Crippen molar-refractivity contribution in [3.8, 4) is 18.1 Å². The lowest BCUT2D eigenvalue weighted by atomic mass is 10.0. The highest BCUT2D eigenvalue weighted by Crippen LogP contribution is 2.37. The van der Waals surface area contributed by atoms with E-state index < -0.39 is 0 Å². The minimum atomic E-state index is 0.156. The van der Waals surface area contributed by atoms with Gasteiger partial charge >= 0.3 is 0 Å². The standard InChI is InChI=1S/C15H18N2O/c1-6-8-17(5)10-12-9-11(3)15(18)14(16-4)13(12)7-2/h1,7,9,18H,2,4,8,10H2,3,5H3. The first-order chi connectivity index (χ1) is 8.54. The molecule has 1 aromatic carbocycles. The van der Waals surface area contributed by atoms with Crippen molar-refractivity contribution in [1.82, 2.24) is 4.90 Å². The molecule has 0 unspecified atom stereocenters. The number of phenols is 1. The molecule has 1 aromatic rings. The summed E-state index contributed by atoms with van der Waals surface area (Å²) in [6.07, 6.45) is 6.97. The van der Waals surface area contributed by atoms with E-state index in [0.29, 0.717) is 18.8 Å². The molecule has 0 aliphatic rings. The fraction of sp³-hybridized carbons (Fsp3) is 0.267. The number of terminal acetylenes is 1. The second-order valence-electron chi connectivity index (χ2n) is 4.20. The molecule has 0 aliphatic carbocycles. The van der Waals surface area contributed by atoms with Crippen LogP contribution in [0.15, 0.2) is 17.6 Å². The van der Waals surface area contributed by atoms with Crippen LogP contribution in [-0.2, 0) is 6.54 Å². The first-order valence-electron chi connectivity index (χ1n) is 5.61. The molecule has 94 valence electrons. The highest BCUT2D eigenvalue weighted by molar-refractivity contribution is 5.75. The third-order valence-corrected chi connectivity index (χ3v) is 2.75. The van der Waals surface area contributed by atoms with Gasteiger partial charge in [-0.25, -0.2) is 0 Å². The second-order valence-corrected chi connectivity index (χ2v) is 4.20. The Kier molecular flexibility index (Phi) is 4.70. The number of benzene rings is 1. The Bertz CT molecular complexity index is 512. The molecule has 0 atom stereocenters. The molecule has 1 N–H and O–H groups in total. The van der Waals surface area contributed by atoms with Crippen molar-refractivity contribution in [3.63, 3.8) is 0 Å². The number of aromatic hydroxyl groups is 1. The van der Waals surface area contributed by atoms with Gasteiger partial charge in [0.1, 0.15) is 11.4 Å². The molecule has 0 saturated carbocycles. The van der Waals surface area contributed by atoms with Crippen molar-refractivity contribution in [1.29, 1.82) is 0 Å². The lowest BCUT2D eigenvalue weighted by molar-refractivity contribution is 0.368. The fourth-order valence-corrected chi connectivity index (χ4v) is 1.90. The monoisotopic (exact) mass is 242 g/mol. The van der Waals surface area contributed by atoms with Crippen LogP contribution in [0.2, 0.25) is 0 Å². The molecular formula is C15H18N2O. The van der Waals surface area contributed by atoms with Gasteiger partial charge in [-0.05, 0) is 31.8 Å². The van der Waals surface area contributed by atoms with E-state index in [2.05, 4.69) is 24.2 Å². The molecule has 0 aliphatic heterocycles. The number of rotatable bonds is 5. The van der Waals surface area contributed by atoms with Crippen molar-refractivity contribution in [2.24, 2.45) is 4.99 Å². The van der Waals surface area contributed by atoms with Crippen LogP contribution >= 0.6 is 0 Å². The zero-order valence-corrected chi connectivity index (χ0v) is 10.9. The van der Waals surface area contributed by atoms with Crippen molar-refractivity contribution in [3.05, 3.63) is 29.3 Å². The van der Waals surface area contributed by atoms with E-state index in [1.54, 1.807) is 6.08 Å². The number of aryl methyl sites for hydroxylation is 1. The molecule has 3 heteroatoms. The SMILES string of the molecule is C#CCN(C)Cc1cc(C)c(O)c(N=C)c1C=C. The van der Waals surface area contributed by atoms with Gasteiger partial charge in [0.25, 0.3) is 0 Å². The predicted molar refractivity (Wildman–Crippen MR) is 77.3 cm³/mol. The van der Waals surface area contributed by atoms with Gasteiger partial charge in [0.15, 0.2) is 0 Å². The Morgan fingerprint density at radius 2 is 2.28 bits per heavy atom. The van der Waals surface area contributed by atoms with E-state index >= 15 is 0 Å². The topological polar surface area (TPSA) is 35.8 Å². The summed E-state index contributed by atoms with van der Waals surface area (Å²) in [7, 11) is 1.94. The second kappa shape index (κ2) is 6.04. The van der Waals surface area contributed by atoms with Crippen LogP contribution in [0.5, 0.6) is 5.75 Å². The summed E-state index contributed by atoms with van der Waals surface area (Å²) in [5, 5.41) is 9.94. The summed E-state index contributed by atoms with van der Waals surface area (Å²) >= 11 is 0. The third-order valence-electron chi connectivity index (χ3n) is 2.75. The Labute approximate surface area is 108 Å². The van der Waals surface area contributed by atoms with Crippen molar-refractivity contribution in [2.45, 2.75) is 13.5 Å². The number of phenolic OH excluding ortho intramolecular Hbond substituents is 1. The molecule has 0 aromatic heterocycles. The average molecular weight is 242 g/mol. The minimum Gasteiger partial charge on any atom is -0.505 e. The molecule has 0 radical (unpaired) electrons. The number of hydrogen-bond donors (Lipinski definition) is 1. The van der Waals surface area contributed by atoms with E-state index in [1.165, 1.54) is 0 Å². The van der Waals surface area contributed by atoms with E-state index in [4.69, 9.17) is 6.42 Å². The quantitative estimate of drug-likeness (QED) is 0.636. The summed E-state index contributed by atoms with van der Waals surface area (Å²) < 4.78 is 0. The summed E-state index contributed by atoms with van der Waals surface area (Å²) in [5.74, 6) is 2.75. The lowest BCUT2D eigenvalue weighted by Gasteiger charge is -2.18. The minimum absolute atomic E-state index is 0.156. The summed E-state index contributed by atoms with van der Waals surface area (Å²) in [5.41, 5.74) is 3.08. The van der Waals surface area contributed by atoms with E-state index in [-0.39, 0.29) is 5.75 Å². The van der Waals surface area contributed by atoms with Gasteiger partial charge in [-0.1, -0.05) is 24.6 Å². The average Bonchev–Trinajstić information content (AvgIpc) is 2.33. The maximum absolute atomic E-state index is 9.94. The highest BCUT2D eigenvalue weighted by Gasteiger charge is 2.13. The Morgan fingerprint density at radius 1 is 1.61 bits per heavy atom. The molecule has 0 amide bonds. The van der Waals surface area contributed by atoms with Gasteiger partial charge < -0.3 is 5.11 Å². The van der Waals surface area contributed by atoms with Gasteiger partial charge in [0.05, 0.1) is 6.54 Å². The Hall–Kier alpha value is -2.05. The molecule has 18 heavy (non-hydrogen) atoms. The smallest absolute Gasteiger partial charge is 0.144 e. The van der Waals surface area contributed by atoms with Gasteiger partial charge in [-0.15, -0.1) is 6.42 Å². The van der Waals surface area contributed by atoms with Gasteiger partial charge in [-0.3, -0.25) is 9.89 Å². The van der Waals surface area contributed by atoms with Crippen LogP contribution in [0.3, 0.4) is 0 Å². The van der Waals surface area contributed by atoms with Crippen LogP contribution in [0.25, 0.3) is 6.08 Å². The van der Waals surface area contributed by atoms with Gasteiger partial charge in [-0.2, -0.15) is 0 Å². The first-order valence-corrected chi connectivity index (χ1v) is 5.61. The summed E-state index contributed by atoms with van der Waals surface area (Å²) in [6.45, 7) is 10.3. The molecule has 0 saturated heterocycles. The zero-order chi connectivity index (χ0) is 13.7. The van der Waals surface area contributed by atoms with Gasteiger partial charge in [0, 0.05) is 12.1 Å². The Balaban J connectivity index is 3.27. The first kappa shape index (κ1) is 14.0. The van der Waals surface area contributed by atoms with Crippen LogP contribution in [0.1, 0.15) is 16.7 Å². The van der Waals surface area contributed by atoms with Crippen molar-refractivity contribution < 1.29 is 5.11 Å². The zero-order valence-electron chi connectivity index (χ0n) is 10.9. The van der Waals surface area contributed by atoms with E-state index in [9.17, 15) is 5.11 Å². The number of aliphatic imine (C=N–C) groups is 1. The molecule has 0 heterocycles.